The number of nitrogens with one attached hydrogen (secondary N) is 2. The topological polar surface area (TPSA) is 110 Å². The van der Waals surface area contributed by atoms with Gasteiger partial charge in [-0.25, -0.2) is 18.1 Å². The molecule has 2 N–H and O–H groups in total. The highest BCUT2D eigenvalue weighted by Gasteiger charge is 2.16. The summed E-state index contributed by atoms with van der Waals surface area (Å²) < 4.78 is 36.9. The molecule has 29 heavy (non-hydrogen) atoms. The average Bonchev–Trinajstić information content (AvgIpc) is 3.15. The van der Waals surface area contributed by atoms with Crippen molar-refractivity contribution < 1.29 is 22.7 Å². The number of aromatic nitrogens is 1. The van der Waals surface area contributed by atoms with Gasteiger partial charge >= 0.3 is 0 Å². The lowest BCUT2D eigenvalue weighted by molar-refractivity contribution is 0.0337. The molecule has 3 rings (SSSR count). The molecule has 0 saturated carbocycles. The van der Waals surface area contributed by atoms with Gasteiger partial charge in [0.25, 0.3) is 5.91 Å². The average molecular weight is 441 g/mol. The van der Waals surface area contributed by atoms with Crippen LogP contribution in [-0.2, 0) is 26.0 Å². The minimum Gasteiger partial charge on any atom is -0.383 e. The summed E-state index contributed by atoms with van der Waals surface area (Å²) in [6.45, 7) is 4.36. The van der Waals surface area contributed by atoms with Crippen molar-refractivity contribution >= 4 is 32.4 Å². The SMILES string of the molecule is COCCNS(=O)(=O)c1ccc(C(=O)Nc2nc(CN3CCOCC3)cs2)cc1. The molecule has 2 aromatic rings. The van der Waals surface area contributed by atoms with Gasteiger partial charge < -0.3 is 9.47 Å². The molecule has 1 fully saturated rings. The Morgan fingerprint density at radius 1 is 1.28 bits per heavy atom. The molecule has 1 saturated heterocycles. The summed E-state index contributed by atoms with van der Waals surface area (Å²) in [4.78, 5) is 19.2. The van der Waals surface area contributed by atoms with Crippen LogP contribution < -0.4 is 10.0 Å². The highest BCUT2D eigenvalue weighted by Crippen LogP contribution is 2.19. The van der Waals surface area contributed by atoms with Gasteiger partial charge in [0.05, 0.1) is 30.4 Å². The van der Waals surface area contributed by atoms with Gasteiger partial charge in [-0.1, -0.05) is 0 Å². The van der Waals surface area contributed by atoms with Gasteiger partial charge in [0.15, 0.2) is 5.13 Å². The first kappa shape index (κ1) is 21.8. The summed E-state index contributed by atoms with van der Waals surface area (Å²) in [6, 6.07) is 5.75. The fourth-order valence-electron chi connectivity index (χ4n) is 2.74. The minimum atomic E-state index is -3.63. The van der Waals surface area contributed by atoms with E-state index in [0.717, 1.165) is 38.5 Å². The third kappa shape index (κ3) is 6.29. The van der Waals surface area contributed by atoms with E-state index in [-0.39, 0.29) is 24.0 Å². The molecule has 1 aliphatic rings. The first-order chi connectivity index (χ1) is 14.0. The maximum Gasteiger partial charge on any atom is 0.257 e. The maximum absolute atomic E-state index is 12.4. The number of carbonyl (C=O) groups excluding carboxylic acids is 1. The smallest absolute Gasteiger partial charge is 0.257 e. The Morgan fingerprint density at radius 2 is 2.00 bits per heavy atom. The van der Waals surface area contributed by atoms with Crippen LogP contribution in [0.2, 0.25) is 0 Å². The number of nitrogens with zero attached hydrogens (tertiary/aromatic N) is 2. The van der Waals surface area contributed by atoms with Gasteiger partial charge in [0.1, 0.15) is 0 Å². The van der Waals surface area contributed by atoms with E-state index in [9.17, 15) is 13.2 Å². The quantitative estimate of drug-likeness (QED) is 0.563. The number of anilines is 1. The monoisotopic (exact) mass is 440 g/mol. The highest BCUT2D eigenvalue weighted by atomic mass is 32.2. The zero-order valence-corrected chi connectivity index (χ0v) is 17.7. The second-order valence-corrected chi connectivity index (χ2v) is 9.03. The normalized spacial score (nSPS) is 15.3. The van der Waals surface area contributed by atoms with Gasteiger partial charge in [-0.05, 0) is 24.3 Å². The molecule has 158 valence electrons. The number of rotatable bonds is 9. The summed E-state index contributed by atoms with van der Waals surface area (Å²) in [5.74, 6) is -0.339. The van der Waals surface area contributed by atoms with Gasteiger partial charge in [0.2, 0.25) is 10.0 Å². The number of hydrogen-bond donors (Lipinski definition) is 2. The van der Waals surface area contributed by atoms with Crippen LogP contribution in [0.1, 0.15) is 16.1 Å². The van der Waals surface area contributed by atoms with Crippen LogP contribution in [0.25, 0.3) is 0 Å². The molecule has 0 unspecified atom stereocenters. The van der Waals surface area contributed by atoms with E-state index in [1.54, 1.807) is 0 Å². The van der Waals surface area contributed by atoms with Crippen LogP contribution in [0.15, 0.2) is 34.5 Å². The number of amides is 1. The van der Waals surface area contributed by atoms with E-state index in [1.165, 1.54) is 42.7 Å². The number of carbonyl (C=O) groups is 1. The minimum absolute atomic E-state index is 0.0900. The third-order valence-corrected chi connectivity index (χ3v) is 6.57. The van der Waals surface area contributed by atoms with Gasteiger partial charge in [-0.15, -0.1) is 11.3 Å². The summed E-state index contributed by atoms with van der Waals surface area (Å²) in [7, 11) is -2.13. The van der Waals surface area contributed by atoms with Crippen molar-refractivity contribution in [3.05, 3.63) is 40.9 Å². The molecule has 0 aliphatic carbocycles. The molecule has 1 aromatic carbocycles. The van der Waals surface area contributed by atoms with Crippen molar-refractivity contribution in [3.63, 3.8) is 0 Å². The molecule has 2 heterocycles. The summed E-state index contributed by atoms with van der Waals surface area (Å²) in [6.07, 6.45) is 0. The van der Waals surface area contributed by atoms with Crippen LogP contribution >= 0.6 is 11.3 Å². The van der Waals surface area contributed by atoms with Crippen LogP contribution in [0, 0.1) is 0 Å². The lowest BCUT2D eigenvalue weighted by atomic mass is 10.2. The summed E-state index contributed by atoms with van der Waals surface area (Å²) in [5.41, 5.74) is 1.25. The standard InChI is InChI=1S/C18H24N4O5S2/c1-26-9-6-19-29(24,25)16-4-2-14(3-5-16)17(23)21-18-20-15(13-28-18)12-22-7-10-27-11-8-22/h2-5,13,19H,6-12H2,1H3,(H,20,21,23). The van der Waals surface area contributed by atoms with Crippen molar-refractivity contribution in [1.29, 1.82) is 0 Å². The van der Waals surface area contributed by atoms with Crippen molar-refractivity contribution in [2.45, 2.75) is 11.4 Å². The zero-order valence-electron chi connectivity index (χ0n) is 16.1. The molecule has 0 spiro atoms. The van der Waals surface area contributed by atoms with Crippen LogP contribution in [0.4, 0.5) is 5.13 Å². The van der Waals surface area contributed by atoms with Gasteiger partial charge in [-0.3, -0.25) is 15.0 Å². The second kappa shape index (κ2) is 10.2. The molecule has 1 amide bonds. The molecule has 11 heteroatoms. The van der Waals surface area contributed by atoms with Crippen molar-refractivity contribution in [2.24, 2.45) is 0 Å². The summed E-state index contributed by atoms with van der Waals surface area (Å²) in [5, 5.41) is 5.19. The molecular formula is C18H24N4O5S2. The number of morpholine rings is 1. The number of methoxy groups -OCH3 is 1. The first-order valence-corrected chi connectivity index (χ1v) is 11.5. The number of sulfonamides is 1. The second-order valence-electron chi connectivity index (χ2n) is 6.40. The molecule has 9 nitrogen and oxygen atoms in total. The maximum atomic E-state index is 12.4. The lowest BCUT2D eigenvalue weighted by Gasteiger charge is -2.25. The Labute approximate surface area is 174 Å². The zero-order chi connectivity index (χ0) is 20.7. The van der Waals surface area contributed by atoms with E-state index in [0.29, 0.717) is 10.7 Å². The van der Waals surface area contributed by atoms with E-state index < -0.39 is 10.0 Å². The predicted octanol–water partition coefficient (Wildman–Crippen LogP) is 1.15. The van der Waals surface area contributed by atoms with E-state index in [2.05, 4.69) is 19.9 Å². The Balaban J connectivity index is 1.57. The molecule has 0 radical (unpaired) electrons. The summed E-state index contributed by atoms with van der Waals surface area (Å²) >= 11 is 1.36. The van der Waals surface area contributed by atoms with Gasteiger partial charge in [-0.2, -0.15) is 0 Å². The van der Waals surface area contributed by atoms with E-state index in [1.807, 2.05) is 5.38 Å². The van der Waals surface area contributed by atoms with Crippen molar-refractivity contribution in [2.75, 3.05) is 51.9 Å². The Morgan fingerprint density at radius 3 is 2.69 bits per heavy atom. The Hall–Kier alpha value is -1.89. The number of thiazole rings is 1. The Bertz CT molecular complexity index is 909. The van der Waals surface area contributed by atoms with E-state index >= 15 is 0 Å². The fourth-order valence-corrected chi connectivity index (χ4v) is 4.45. The van der Waals surface area contributed by atoms with Crippen molar-refractivity contribution in [1.82, 2.24) is 14.6 Å². The number of hydrogen-bond acceptors (Lipinski definition) is 8. The third-order valence-electron chi connectivity index (χ3n) is 4.29. The first-order valence-electron chi connectivity index (χ1n) is 9.12. The number of benzene rings is 1. The molecule has 0 bridgehead atoms. The Kier molecular flexibility index (Phi) is 7.70. The van der Waals surface area contributed by atoms with Crippen LogP contribution in [-0.4, -0.2) is 70.8 Å². The predicted molar refractivity (Wildman–Crippen MR) is 110 cm³/mol. The molecule has 1 aromatic heterocycles. The highest BCUT2D eigenvalue weighted by molar-refractivity contribution is 7.89. The van der Waals surface area contributed by atoms with Gasteiger partial charge in [0, 0.05) is 44.2 Å². The van der Waals surface area contributed by atoms with Crippen LogP contribution in [0.3, 0.4) is 0 Å². The molecule has 0 atom stereocenters. The molecule has 1 aliphatic heterocycles. The number of ether oxygens (including phenoxy) is 2. The molecular weight excluding hydrogens is 416 g/mol. The fraction of sp³-hybridized carbons (Fsp3) is 0.444. The van der Waals surface area contributed by atoms with Crippen LogP contribution in [0.5, 0.6) is 0 Å². The lowest BCUT2D eigenvalue weighted by Crippen LogP contribution is -2.35. The van der Waals surface area contributed by atoms with E-state index in [4.69, 9.17) is 9.47 Å². The largest absolute Gasteiger partial charge is 0.383 e. The van der Waals surface area contributed by atoms with Crippen molar-refractivity contribution in [3.8, 4) is 0 Å².